The van der Waals surface area contributed by atoms with Crippen LogP contribution in [0.2, 0.25) is 0 Å². The standard InChI is InChI=1S/C12H24N2O2S2/c1-9(17)13-6-10-5-11(7-13)14(10)18(15,16)8-12(2,3)4/h9-11,17H,5-8H2,1-4H3. The molecule has 0 aromatic carbocycles. The summed E-state index contributed by atoms with van der Waals surface area (Å²) in [4.78, 5) is 2.26. The summed E-state index contributed by atoms with van der Waals surface area (Å²) in [5.74, 6) is 0.240. The average Bonchev–Trinajstić information content (AvgIpc) is 2.12. The first-order chi connectivity index (χ1) is 8.10. The van der Waals surface area contributed by atoms with Crippen molar-refractivity contribution in [2.24, 2.45) is 5.41 Å². The first kappa shape index (κ1) is 14.6. The average molecular weight is 292 g/mol. The number of piperazine rings is 1. The van der Waals surface area contributed by atoms with Gasteiger partial charge in [0, 0.05) is 25.2 Å². The number of rotatable bonds is 3. The second-order valence-corrected chi connectivity index (χ2v) is 9.40. The van der Waals surface area contributed by atoms with Crippen LogP contribution in [0, 0.1) is 5.41 Å². The van der Waals surface area contributed by atoms with Gasteiger partial charge in [-0.1, -0.05) is 20.8 Å². The predicted molar refractivity (Wildman–Crippen MR) is 77.3 cm³/mol. The maximum atomic E-state index is 12.4. The Morgan fingerprint density at radius 3 is 2.17 bits per heavy atom. The molecule has 0 aromatic heterocycles. The Labute approximate surface area is 116 Å². The summed E-state index contributed by atoms with van der Waals surface area (Å²) < 4.78 is 26.6. The molecule has 0 amide bonds. The minimum absolute atomic E-state index is 0.172. The summed E-state index contributed by atoms with van der Waals surface area (Å²) in [7, 11) is -3.11. The lowest BCUT2D eigenvalue weighted by Crippen LogP contribution is -2.71. The molecule has 0 N–H and O–H groups in total. The Morgan fingerprint density at radius 1 is 1.28 bits per heavy atom. The summed E-state index contributed by atoms with van der Waals surface area (Å²) in [6.45, 7) is 9.61. The predicted octanol–water partition coefficient (Wildman–Crippen LogP) is 1.40. The van der Waals surface area contributed by atoms with Gasteiger partial charge < -0.3 is 0 Å². The molecule has 0 aromatic rings. The third kappa shape index (κ3) is 2.86. The van der Waals surface area contributed by atoms with E-state index >= 15 is 0 Å². The van der Waals surface area contributed by atoms with Crippen molar-refractivity contribution in [3.05, 3.63) is 0 Å². The third-order valence-corrected chi connectivity index (χ3v) is 6.42. The van der Waals surface area contributed by atoms with Crippen LogP contribution >= 0.6 is 12.6 Å². The van der Waals surface area contributed by atoms with Crippen LogP contribution in [-0.2, 0) is 10.0 Å². The minimum Gasteiger partial charge on any atom is -0.289 e. The first-order valence-electron chi connectivity index (χ1n) is 6.53. The van der Waals surface area contributed by atoms with Crippen LogP contribution in [0.15, 0.2) is 0 Å². The molecule has 0 aliphatic carbocycles. The van der Waals surface area contributed by atoms with Crippen molar-refractivity contribution in [3.8, 4) is 0 Å². The van der Waals surface area contributed by atoms with E-state index in [1.54, 1.807) is 4.31 Å². The van der Waals surface area contributed by atoms with Gasteiger partial charge in [-0.3, -0.25) is 4.90 Å². The lowest BCUT2D eigenvalue weighted by atomic mass is 9.91. The molecule has 0 radical (unpaired) electrons. The van der Waals surface area contributed by atoms with E-state index in [-0.39, 0.29) is 28.6 Å². The smallest absolute Gasteiger partial charge is 0.215 e. The largest absolute Gasteiger partial charge is 0.289 e. The maximum absolute atomic E-state index is 12.4. The SMILES string of the molecule is CC(S)N1CC2CC(C1)N2S(=O)(=O)CC(C)(C)C. The number of sulfonamides is 1. The van der Waals surface area contributed by atoms with Gasteiger partial charge in [0.15, 0.2) is 0 Å². The molecule has 106 valence electrons. The van der Waals surface area contributed by atoms with Crippen LogP contribution in [0.1, 0.15) is 34.1 Å². The Hall–Kier alpha value is 0.220. The van der Waals surface area contributed by atoms with Gasteiger partial charge >= 0.3 is 0 Å². The van der Waals surface area contributed by atoms with E-state index in [1.807, 2.05) is 27.7 Å². The molecule has 0 saturated carbocycles. The van der Waals surface area contributed by atoms with Crippen LogP contribution in [0.3, 0.4) is 0 Å². The van der Waals surface area contributed by atoms with Crippen LogP contribution in [0.5, 0.6) is 0 Å². The fourth-order valence-electron chi connectivity index (χ4n) is 2.99. The van der Waals surface area contributed by atoms with Gasteiger partial charge in [-0.15, -0.1) is 0 Å². The van der Waals surface area contributed by atoms with Crippen LogP contribution in [-0.4, -0.2) is 53.9 Å². The monoisotopic (exact) mass is 292 g/mol. The molecular formula is C12H24N2O2S2. The van der Waals surface area contributed by atoms with Crippen molar-refractivity contribution in [3.63, 3.8) is 0 Å². The van der Waals surface area contributed by atoms with Crippen LogP contribution in [0.25, 0.3) is 0 Å². The van der Waals surface area contributed by atoms with Gasteiger partial charge in [-0.05, 0) is 18.8 Å². The van der Waals surface area contributed by atoms with Gasteiger partial charge in [0.25, 0.3) is 0 Å². The van der Waals surface area contributed by atoms with Crippen molar-refractivity contribution in [2.75, 3.05) is 18.8 Å². The molecule has 4 nitrogen and oxygen atoms in total. The van der Waals surface area contributed by atoms with Crippen molar-refractivity contribution in [1.82, 2.24) is 9.21 Å². The van der Waals surface area contributed by atoms with E-state index < -0.39 is 10.0 Å². The van der Waals surface area contributed by atoms with Crippen molar-refractivity contribution < 1.29 is 8.42 Å². The molecule has 6 heteroatoms. The third-order valence-electron chi connectivity index (χ3n) is 3.62. The number of hydrogen-bond acceptors (Lipinski definition) is 4. The highest BCUT2D eigenvalue weighted by Gasteiger charge is 2.51. The van der Waals surface area contributed by atoms with Gasteiger partial charge in [0.2, 0.25) is 10.0 Å². The lowest BCUT2D eigenvalue weighted by molar-refractivity contribution is -0.00950. The van der Waals surface area contributed by atoms with Gasteiger partial charge in [-0.2, -0.15) is 16.9 Å². The molecule has 3 rings (SSSR count). The van der Waals surface area contributed by atoms with E-state index in [1.165, 1.54) is 0 Å². The van der Waals surface area contributed by atoms with Gasteiger partial charge in [-0.25, -0.2) is 8.42 Å². The zero-order chi connectivity index (χ0) is 13.7. The molecule has 3 atom stereocenters. The minimum atomic E-state index is -3.11. The molecule has 0 spiro atoms. The maximum Gasteiger partial charge on any atom is 0.215 e. The van der Waals surface area contributed by atoms with E-state index in [4.69, 9.17) is 0 Å². The molecule has 2 bridgehead atoms. The van der Waals surface area contributed by atoms with Crippen molar-refractivity contribution in [1.29, 1.82) is 0 Å². The van der Waals surface area contributed by atoms with E-state index in [9.17, 15) is 8.42 Å². The highest BCUT2D eigenvalue weighted by atomic mass is 32.2. The number of hydrogen-bond donors (Lipinski definition) is 1. The molecule has 3 heterocycles. The highest BCUT2D eigenvalue weighted by molar-refractivity contribution is 7.89. The van der Waals surface area contributed by atoms with E-state index in [0.29, 0.717) is 0 Å². The number of thiol groups is 1. The first-order valence-corrected chi connectivity index (χ1v) is 8.66. The Balaban J connectivity index is 2.06. The van der Waals surface area contributed by atoms with Crippen molar-refractivity contribution in [2.45, 2.75) is 51.6 Å². The van der Waals surface area contributed by atoms with E-state index in [2.05, 4.69) is 17.5 Å². The second-order valence-electron chi connectivity index (χ2n) is 6.78. The Morgan fingerprint density at radius 2 is 1.78 bits per heavy atom. The number of fused-ring (bicyclic) bond motifs is 2. The quantitative estimate of drug-likeness (QED) is 0.799. The van der Waals surface area contributed by atoms with Crippen LogP contribution in [0.4, 0.5) is 0 Å². The molecule has 3 unspecified atom stereocenters. The molecule has 3 saturated heterocycles. The molecule has 3 fully saturated rings. The van der Waals surface area contributed by atoms with Crippen LogP contribution < -0.4 is 0 Å². The summed E-state index contributed by atoms with van der Waals surface area (Å²) in [5.41, 5.74) is -0.181. The molecule has 3 aliphatic heterocycles. The second kappa shape index (κ2) is 4.65. The summed E-state index contributed by atoms with van der Waals surface area (Å²) in [5, 5.41) is 0.211. The zero-order valence-corrected chi connectivity index (χ0v) is 13.3. The Bertz CT molecular complexity index is 402. The van der Waals surface area contributed by atoms with E-state index in [0.717, 1.165) is 19.5 Å². The summed E-state index contributed by atoms with van der Waals surface area (Å²) in [6, 6.07) is 0.344. The number of piperidine rings is 1. The molecular weight excluding hydrogens is 268 g/mol. The van der Waals surface area contributed by atoms with Gasteiger partial charge in [0.1, 0.15) is 0 Å². The fourth-order valence-corrected chi connectivity index (χ4v) is 5.64. The fraction of sp³-hybridized carbons (Fsp3) is 1.00. The van der Waals surface area contributed by atoms with Gasteiger partial charge in [0.05, 0.1) is 11.1 Å². The molecule has 3 aliphatic rings. The topological polar surface area (TPSA) is 40.6 Å². The summed E-state index contributed by atoms with van der Waals surface area (Å²) >= 11 is 4.43. The Kier molecular flexibility index (Phi) is 3.78. The zero-order valence-electron chi connectivity index (χ0n) is 11.6. The number of nitrogens with zero attached hydrogens (tertiary/aromatic N) is 2. The van der Waals surface area contributed by atoms with Crippen molar-refractivity contribution >= 4 is 22.7 Å². The summed E-state index contributed by atoms with van der Waals surface area (Å²) in [6.07, 6.45) is 1.01. The molecule has 18 heavy (non-hydrogen) atoms. The highest BCUT2D eigenvalue weighted by Crippen LogP contribution is 2.37. The normalized spacial score (nSPS) is 32.1. The lowest BCUT2D eigenvalue weighted by Gasteiger charge is -2.56.